The van der Waals surface area contributed by atoms with Gasteiger partial charge in [-0.1, -0.05) is 33.3 Å². The molecule has 0 aromatic carbocycles. The Balaban J connectivity index is 2.15. The van der Waals surface area contributed by atoms with Gasteiger partial charge in [0.05, 0.1) is 6.61 Å². The first kappa shape index (κ1) is 14.1. The molecule has 0 saturated heterocycles. The van der Waals surface area contributed by atoms with Crippen LogP contribution in [0.2, 0.25) is 0 Å². The van der Waals surface area contributed by atoms with Crippen molar-refractivity contribution in [2.45, 2.75) is 59.5 Å². The molecule has 0 heterocycles. The van der Waals surface area contributed by atoms with Crippen LogP contribution in [0.3, 0.4) is 0 Å². The topological polar surface area (TPSA) is 46.5 Å². The SMILES string of the molecule is CC(=O)OC1C2C(CO)=CCC1(C)C1(C)CCCC21C. The summed E-state index contributed by atoms with van der Waals surface area (Å²) in [6.45, 7) is 8.60. The Kier molecular flexibility index (Phi) is 2.89. The van der Waals surface area contributed by atoms with E-state index in [0.29, 0.717) is 0 Å². The van der Waals surface area contributed by atoms with Crippen molar-refractivity contribution in [2.75, 3.05) is 6.61 Å². The van der Waals surface area contributed by atoms with E-state index >= 15 is 0 Å². The summed E-state index contributed by atoms with van der Waals surface area (Å²) in [7, 11) is 0. The number of hydrogen-bond donors (Lipinski definition) is 1. The van der Waals surface area contributed by atoms with Gasteiger partial charge in [0.15, 0.2) is 0 Å². The zero-order valence-corrected chi connectivity index (χ0v) is 13.0. The zero-order valence-electron chi connectivity index (χ0n) is 13.0. The number of allylic oxidation sites excluding steroid dienone is 1. The van der Waals surface area contributed by atoms with E-state index in [2.05, 4.69) is 26.8 Å². The monoisotopic (exact) mass is 278 g/mol. The third-order valence-corrected chi connectivity index (χ3v) is 7.17. The van der Waals surface area contributed by atoms with Gasteiger partial charge in [-0.2, -0.15) is 0 Å². The number of esters is 1. The molecule has 0 radical (unpaired) electrons. The van der Waals surface area contributed by atoms with Crippen LogP contribution in [0.25, 0.3) is 0 Å². The molecule has 3 aliphatic carbocycles. The van der Waals surface area contributed by atoms with Crippen LogP contribution in [0.1, 0.15) is 53.4 Å². The van der Waals surface area contributed by atoms with Crippen molar-refractivity contribution < 1.29 is 14.6 Å². The minimum atomic E-state index is -0.197. The average Bonchev–Trinajstić information content (AvgIpc) is 2.72. The van der Waals surface area contributed by atoms with E-state index in [4.69, 9.17) is 4.74 Å². The molecule has 2 saturated carbocycles. The van der Waals surface area contributed by atoms with E-state index in [1.807, 2.05) is 0 Å². The van der Waals surface area contributed by atoms with E-state index in [9.17, 15) is 9.90 Å². The molecule has 2 fully saturated rings. The van der Waals surface area contributed by atoms with Crippen molar-refractivity contribution in [1.82, 2.24) is 0 Å². The Morgan fingerprint density at radius 1 is 1.35 bits per heavy atom. The minimum Gasteiger partial charge on any atom is -0.461 e. The summed E-state index contributed by atoms with van der Waals surface area (Å²) < 4.78 is 5.79. The summed E-state index contributed by atoms with van der Waals surface area (Å²) >= 11 is 0. The van der Waals surface area contributed by atoms with Crippen LogP contribution in [-0.2, 0) is 9.53 Å². The van der Waals surface area contributed by atoms with Crippen molar-refractivity contribution in [3.05, 3.63) is 11.6 Å². The van der Waals surface area contributed by atoms with Gasteiger partial charge in [-0.3, -0.25) is 4.79 Å². The van der Waals surface area contributed by atoms with Crippen LogP contribution in [0.5, 0.6) is 0 Å². The molecule has 3 aliphatic rings. The maximum Gasteiger partial charge on any atom is 0.302 e. The molecule has 0 aromatic heterocycles. The highest BCUT2D eigenvalue weighted by molar-refractivity contribution is 5.66. The fourth-order valence-corrected chi connectivity index (χ4v) is 5.78. The number of rotatable bonds is 2. The van der Waals surface area contributed by atoms with Gasteiger partial charge in [-0.15, -0.1) is 0 Å². The third kappa shape index (κ3) is 1.37. The highest BCUT2D eigenvalue weighted by Gasteiger charge is 2.73. The van der Waals surface area contributed by atoms with Gasteiger partial charge >= 0.3 is 5.97 Å². The maximum atomic E-state index is 11.6. The Labute approximate surface area is 121 Å². The molecule has 3 rings (SSSR count). The second-order valence-electron chi connectivity index (χ2n) is 7.67. The summed E-state index contributed by atoms with van der Waals surface area (Å²) in [5.74, 6) is -0.0137. The average molecular weight is 278 g/mol. The number of carbonyl (C=O) groups is 1. The molecule has 5 unspecified atom stereocenters. The molecule has 2 bridgehead atoms. The lowest BCUT2D eigenvalue weighted by Crippen LogP contribution is -2.44. The van der Waals surface area contributed by atoms with E-state index in [0.717, 1.165) is 12.0 Å². The number of ether oxygens (including phenoxy) is 1. The molecule has 5 atom stereocenters. The third-order valence-electron chi connectivity index (χ3n) is 7.17. The van der Waals surface area contributed by atoms with Crippen molar-refractivity contribution >= 4 is 5.97 Å². The number of aliphatic hydroxyl groups is 1. The Morgan fingerprint density at radius 2 is 2.05 bits per heavy atom. The minimum absolute atomic E-state index is 0.00669. The predicted octanol–water partition coefficient (Wildman–Crippen LogP) is 3.07. The van der Waals surface area contributed by atoms with Crippen LogP contribution < -0.4 is 0 Å². The number of carbonyl (C=O) groups excluding carboxylic acids is 1. The highest BCUT2D eigenvalue weighted by Crippen LogP contribution is 2.76. The van der Waals surface area contributed by atoms with E-state index in [-0.39, 0.29) is 40.8 Å². The second-order valence-corrected chi connectivity index (χ2v) is 7.67. The molecule has 0 spiro atoms. The number of aliphatic hydroxyl groups excluding tert-OH is 1. The van der Waals surface area contributed by atoms with Gasteiger partial charge in [0.1, 0.15) is 6.10 Å². The van der Waals surface area contributed by atoms with Crippen LogP contribution in [0, 0.1) is 22.2 Å². The first-order valence-electron chi connectivity index (χ1n) is 7.77. The van der Waals surface area contributed by atoms with E-state index in [1.54, 1.807) is 0 Å². The van der Waals surface area contributed by atoms with Gasteiger partial charge in [0.2, 0.25) is 0 Å². The maximum absolute atomic E-state index is 11.6. The molecule has 0 aliphatic heterocycles. The summed E-state index contributed by atoms with van der Waals surface area (Å²) in [4.78, 5) is 11.6. The first-order chi connectivity index (χ1) is 9.30. The molecule has 0 amide bonds. The van der Waals surface area contributed by atoms with Crippen LogP contribution >= 0.6 is 0 Å². The van der Waals surface area contributed by atoms with Gasteiger partial charge in [0, 0.05) is 18.3 Å². The fourth-order valence-electron chi connectivity index (χ4n) is 5.78. The summed E-state index contributed by atoms with van der Waals surface area (Å²) in [5.41, 5.74) is 1.39. The number of hydrogen-bond acceptors (Lipinski definition) is 3. The lowest BCUT2D eigenvalue weighted by atomic mass is 9.59. The molecular formula is C17H26O3. The van der Waals surface area contributed by atoms with Crippen LogP contribution in [-0.4, -0.2) is 23.8 Å². The highest BCUT2D eigenvalue weighted by atomic mass is 16.5. The number of fused-ring (bicyclic) bond motifs is 5. The largest absolute Gasteiger partial charge is 0.461 e. The van der Waals surface area contributed by atoms with Crippen molar-refractivity contribution in [3.63, 3.8) is 0 Å². The molecule has 112 valence electrons. The normalized spacial score (nSPS) is 49.8. The van der Waals surface area contributed by atoms with E-state index in [1.165, 1.54) is 26.2 Å². The molecule has 3 nitrogen and oxygen atoms in total. The second kappa shape index (κ2) is 4.09. The predicted molar refractivity (Wildman–Crippen MR) is 77.0 cm³/mol. The smallest absolute Gasteiger partial charge is 0.302 e. The van der Waals surface area contributed by atoms with E-state index < -0.39 is 0 Å². The summed E-state index contributed by atoms with van der Waals surface area (Å²) in [6, 6.07) is 0. The van der Waals surface area contributed by atoms with Crippen molar-refractivity contribution in [1.29, 1.82) is 0 Å². The quantitative estimate of drug-likeness (QED) is 0.624. The molecule has 20 heavy (non-hydrogen) atoms. The zero-order chi connectivity index (χ0) is 14.8. The van der Waals surface area contributed by atoms with Crippen molar-refractivity contribution in [3.8, 4) is 0 Å². The summed E-state index contributed by atoms with van der Waals surface area (Å²) in [5, 5.41) is 9.76. The lowest BCUT2D eigenvalue weighted by Gasteiger charge is -2.46. The van der Waals surface area contributed by atoms with Crippen LogP contribution in [0.4, 0.5) is 0 Å². The summed E-state index contributed by atoms with van der Waals surface area (Å²) in [6.07, 6.45) is 6.63. The Hall–Kier alpha value is -0.830. The Morgan fingerprint density at radius 3 is 2.65 bits per heavy atom. The van der Waals surface area contributed by atoms with Crippen molar-refractivity contribution in [2.24, 2.45) is 22.2 Å². The van der Waals surface area contributed by atoms with Gasteiger partial charge in [0.25, 0.3) is 0 Å². The fraction of sp³-hybridized carbons (Fsp3) is 0.824. The molecule has 3 heteroatoms. The van der Waals surface area contributed by atoms with Gasteiger partial charge < -0.3 is 9.84 Å². The molecular weight excluding hydrogens is 252 g/mol. The Bertz CT molecular complexity index is 483. The van der Waals surface area contributed by atoms with Crippen LogP contribution in [0.15, 0.2) is 11.6 Å². The molecule has 0 aromatic rings. The first-order valence-corrected chi connectivity index (χ1v) is 7.77. The standard InChI is InChI=1S/C17H26O3/c1-11(19)20-14-13-12(10-18)6-9-16(14,3)17(4)8-5-7-15(13,17)2/h6,13-14,18H,5,7-10H2,1-4H3. The van der Waals surface area contributed by atoms with Gasteiger partial charge in [-0.05, 0) is 35.7 Å². The molecule has 1 N–H and O–H groups in total. The lowest BCUT2D eigenvalue weighted by molar-refractivity contribution is -0.157. The van der Waals surface area contributed by atoms with Gasteiger partial charge in [-0.25, -0.2) is 0 Å².